The highest BCUT2D eigenvalue weighted by molar-refractivity contribution is 5.80. The maximum atomic E-state index is 10.7. The molecule has 0 spiro atoms. The zero-order valence-electron chi connectivity index (χ0n) is 21.9. The van der Waals surface area contributed by atoms with Gasteiger partial charge in [0.05, 0.1) is 0 Å². The number of hydrogen-bond acceptors (Lipinski definition) is 7. The van der Waals surface area contributed by atoms with E-state index in [2.05, 4.69) is 0 Å². The molecule has 0 aromatic heterocycles. The van der Waals surface area contributed by atoms with Crippen molar-refractivity contribution in [3.63, 3.8) is 0 Å². The molecule has 0 atom stereocenters. The summed E-state index contributed by atoms with van der Waals surface area (Å²) in [6.07, 6.45) is 12.8. The van der Waals surface area contributed by atoms with Crippen LogP contribution in [-0.4, -0.2) is 44.2 Å². The molecule has 0 aliphatic carbocycles. The van der Waals surface area contributed by atoms with Gasteiger partial charge in [0.2, 0.25) is 0 Å². The molecule has 2 aromatic carbocycles. The van der Waals surface area contributed by atoms with Crippen LogP contribution in [-0.2, 0) is 9.53 Å². The second kappa shape index (κ2) is 13.0. The van der Waals surface area contributed by atoms with Crippen LogP contribution in [0.15, 0.2) is 36.4 Å². The van der Waals surface area contributed by atoms with Crippen LogP contribution in [0.25, 0.3) is 24.3 Å². The number of ether oxygens (including phenoxy) is 1. The monoisotopic (exact) mass is 510 g/mol. The lowest BCUT2D eigenvalue weighted by Crippen LogP contribution is -2.23. The predicted molar refractivity (Wildman–Crippen MR) is 147 cm³/mol. The Kier molecular flexibility index (Phi) is 10.4. The fraction of sp³-hybridized carbons (Fsp3) is 0.367. The SMILES string of the molecule is CC(C)(CO)CC/C=C/c1cc(O)cc(/C=C\c2cc(O)cc(/C=C/CCC(C)(C)OC=O)c2O)c1O. The van der Waals surface area contributed by atoms with Crippen molar-refractivity contribution < 1.29 is 35.1 Å². The average Bonchev–Trinajstić information content (AvgIpc) is 2.82. The summed E-state index contributed by atoms with van der Waals surface area (Å²) < 4.78 is 5.02. The second-order valence-electron chi connectivity index (χ2n) is 10.5. The number of benzene rings is 2. The Hall–Kier alpha value is -3.71. The lowest BCUT2D eigenvalue weighted by molar-refractivity contribution is -0.140. The molecule has 0 saturated heterocycles. The normalized spacial score (nSPS) is 12.7. The van der Waals surface area contributed by atoms with E-state index in [1.54, 1.807) is 38.2 Å². The molecule has 0 aliphatic rings. The number of aromatic hydroxyl groups is 4. The molecule has 0 fully saturated rings. The lowest BCUT2D eigenvalue weighted by Gasteiger charge is -2.21. The van der Waals surface area contributed by atoms with Crippen molar-refractivity contribution in [2.24, 2.45) is 5.41 Å². The number of phenols is 4. The van der Waals surface area contributed by atoms with Crippen LogP contribution < -0.4 is 0 Å². The lowest BCUT2D eigenvalue weighted by atomic mass is 9.89. The van der Waals surface area contributed by atoms with E-state index in [0.717, 1.165) is 6.42 Å². The maximum absolute atomic E-state index is 10.7. The van der Waals surface area contributed by atoms with Gasteiger partial charge >= 0.3 is 0 Å². The van der Waals surface area contributed by atoms with Gasteiger partial charge in [-0.15, -0.1) is 0 Å². The first kappa shape index (κ1) is 29.5. The molecule has 0 amide bonds. The summed E-state index contributed by atoms with van der Waals surface area (Å²) in [5.74, 6) is -0.166. The Morgan fingerprint density at radius 2 is 1.11 bits per heavy atom. The third-order valence-electron chi connectivity index (χ3n) is 6.04. The van der Waals surface area contributed by atoms with E-state index in [1.807, 2.05) is 26.0 Å². The molecule has 200 valence electrons. The highest BCUT2D eigenvalue weighted by atomic mass is 16.5. The number of phenolic OH excluding ortho intramolecular Hbond substituents is 4. The molecule has 37 heavy (non-hydrogen) atoms. The Bertz CT molecular complexity index is 1160. The van der Waals surface area contributed by atoms with Crippen molar-refractivity contribution in [1.82, 2.24) is 0 Å². The van der Waals surface area contributed by atoms with Crippen LogP contribution in [0.1, 0.15) is 75.6 Å². The molecule has 5 N–H and O–H groups in total. The predicted octanol–water partition coefficient (Wildman–Crippen LogP) is 6.24. The average molecular weight is 511 g/mol. The summed E-state index contributed by atoms with van der Waals surface area (Å²) in [6, 6.07) is 5.69. The summed E-state index contributed by atoms with van der Waals surface area (Å²) in [7, 11) is 0. The highest BCUT2D eigenvalue weighted by Crippen LogP contribution is 2.34. The molecular formula is C30H38O7. The first-order valence-electron chi connectivity index (χ1n) is 12.2. The fourth-order valence-electron chi connectivity index (χ4n) is 3.61. The van der Waals surface area contributed by atoms with Crippen LogP contribution in [0.2, 0.25) is 0 Å². The quantitative estimate of drug-likeness (QED) is 0.123. The minimum Gasteiger partial charge on any atom is -0.508 e. The van der Waals surface area contributed by atoms with Gasteiger partial charge in [0.15, 0.2) is 0 Å². The molecule has 7 nitrogen and oxygen atoms in total. The smallest absolute Gasteiger partial charge is 0.293 e. The van der Waals surface area contributed by atoms with Crippen LogP contribution in [0.4, 0.5) is 0 Å². The summed E-state index contributed by atoms with van der Waals surface area (Å²) in [6.45, 7) is 8.06. The molecule has 0 unspecified atom stereocenters. The Morgan fingerprint density at radius 3 is 1.51 bits per heavy atom. The fourth-order valence-corrected chi connectivity index (χ4v) is 3.61. The van der Waals surface area contributed by atoms with Crippen molar-refractivity contribution in [3.8, 4) is 23.0 Å². The molecule has 0 aliphatic heterocycles. The molecule has 2 rings (SSSR count). The Labute approximate surface area is 218 Å². The van der Waals surface area contributed by atoms with Crippen LogP contribution >= 0.6 is 0 Å². The van der Waals surface area contributed by atoms with E-state index in [4.69, 9.17) is 4.74 Å². The summed E-state index contributed by atoms with van der Waals surface area (Å²) in [5.41, 5.74) is 0.712. The first-order chi connectivity index (χ1) is 17.4. The van der Waals surface area contributed by atoms with E-state index in [0.29, 0.717) is 48.0 Å². The van der Waals surface area contributed by atoms with Crippen LogP contribution in [0, 0.1) is 5.41 Å². The van der Waals surface area contributed by atoms with Gasteiger partial charge in [0, 0.05) is 28.9 Å². The van der Waals surface area contributed by atoms with E-state index in [-0.39, 0.29) is 35.0 Å². The van der Waals surface area contributed by atoms with Gasteiger partial charge in [0.1, 0.15) is 28.6 Å². The van der Waals surface area contributed by atoms with Crippen molar-refractivity contribution in [2.75, 3.05) is 6.61 Å². The van der Waals surface area contributed by atoms with Gasteiger partial charge in [-0.3, -0.25) is 4.79 Å². The van der Waals surface area contributed by atoms with Gasteiger partial charge in [-0.05, 0) is 69.2 Å². The minimum atomic E-state index is -0.603. The van der Waals surface area contributed by atoms with E-state index < -0.39 is 5.60 Å². The van der Waals surface area contributed by atoms with Crippen molar-refractivity contribution in [1.29, 1.82) is 0 Å². The van der Waals surface area contributed by atoms with Crippen molar-refractivity contribution in [3.05, 3.63) is 58.7 Å². The van der Waals surface area contributed by atoms with E-state index in [9.17, 15) is 30.3 Å². The number of rotatable bonds is 13. The third kappa shape index (κ3) is 9.35. The van der Waals surface area contributed by atoms with Crippen molar-refractivity contribution in [2.45, 2.75) is 59.0 Å². The number of allylic oxidation sites excluding steroid dienone is 2. The maximum Gasteiger partial charge on any atom is 0.293 e. The largest absolute Gasteiger partial charge is 0.508 e. The standard InChI is InChI=1S/C30H38O7/c1-29(2,19-31)13-7-5-9-21-15-25(33)17-23(27(21)35)11-12-24-18-26(34)16-22(28(24)36)10-6-8-14-30(3,4)37-20-32/h5-6,9-12,15-18,20,31,33-36H,7-8,13-14,19H2,1-4H3/b9-5+,10-6+,12-11-. The molecule has 0 bridgehead atoms. The Balaban J connectivity index is 2.22. The molecule has 2 aromatic rings. The van der Waals surface area contributed by atoms with Gasteiger partial charge < -0.3 is 30.3 Å². The number of carbonyl (C=O) groups is 1. The molecule has 7 heteroatoms. The molecule has 0 heterocycles. The van der Waals surface area contributed by atoms with Gasteiger partial charge in [0.25, 0.3) is 6.47 Å². The number of hydrogen-bond donors (Lipinski definition) is 5. The number of aliphatic hydroxyl groups excluding tert-OH is 1. The van der Waals surface area contributed by atoms with Gasteiger partial charge in [-0.2, -0.15) is 0 Å². The topological polar surface area (TPSA) is 127 Å². The zero-order valence-corrected chi connectivity index (χ0v) is 21.9. The van der Waals surface area contributed by atoms with Crippen LogP contribution in [0.3, 0.4) is 0 Å². The zero-order chi connectivity index (χ0) is 27.6. The van der Waals surface area contributed by atoms with Gasteiger partial charge in [-0.1, -0.05) is 50.3 Å². The van der Waals surface area contributed by atoms with Crippen molar-refractivity contribution >= 4 is 30.8 Å². The highest BCUT2D eigenvalue weighted by Gasteiger charge is 2.17. The van der Waals surface area contributed by atoms with Crippen LogP contribution in [0.5, 0.6) is 23.0 Å². The van der Waals surface area contributed by atoms with E-state index in [1.165, 1.54) is 24.3 Å². The number of carbonyl (C=O) groups excluding carboxylic acids is 1. The summed E-state index contributed by atoms with van der Waals surface area (Å²) in [4.78, 5) is 10.6. The molecular weight excluding hydrogens is 472 g/mol. The van der Waals surface area contributed by atoms with E-state index >= 15 is 0 Å². The Morgan fingerprint density at radius 1 is 0.703 bits per heavy atom. The molecule has 0 radical (unpaired) electrons. The minimum absolute atomic E-state index is 0.0296. The second-order valence-corrected chi connectivity index (χ2v) is 10.5. The third-order valence-corrected chi connectivity index (χ3v) is 6.04. The van der Waals surface area contributed by atoms with Gasteiger partial charge in [-0.25, -0.2) is 0 Å². The first-order valence-corrected chi connectivity index (χ1v) is 12.2. The molecule has 0 saturated carbocycles. The summed E-state index contributed by atoms with van der Waals surface area (Å²) >= 11 is 0. The number of aliphatic hydroxyl groups is 1. The summed E-state index contributed by atoms with van der Waals surface area (Å²) in [5, 5.41) is 51.1.